The molecule has 1 fully saturated rings. The zero-order valence-corrected chi connectivity index (χ0v) is 13.3. The van der Waals surface area contributed by atoms with Gasteiger partial charge in [-0.3, -0.25) is 4.79 Å². The Morgan fingerprint density at radius 1 is 1.36 bits per heavy atom. The lowest BCUT2D eigenvalue weighted by atomic mass is 10.0. The van der Waals surface area contributed by atoms with Crippen LogP contribution in [0.15, 0.2) is 30.3 Å². The van der Waals surface area contributed by atoms with Gasteiger partial charge in [0.15, 0.2) is 0 Å². The third-order valence-corrected chi connectivity index (χ3v) is 3.77. The highest BCUT2D eigenvalue weighted by molar-refractivity contribution is 5.85. The summed E-state index contributed by atoms with van der Waals surface area (Å²) >= 11 is 0. The van der Waals surface area contributed by atoms with E-state index in [9.17, 15) is 4.79 Å². The van der Waals surface area contributed by atoms with E-state index in [-0.39, 0.29) is 24.7 Å². The van der Waals surface area contributed by atoms with Crippen molar-refractivity contribution in [3.8, 4) is 5.69 Å². The van der Waals surface area contributed by atoms with Crippen molar-refractivity contribution < 1.29 is 4.79 Å². The molecule has 1 saturated heterocycles. The molecule has 2 aromatic rings. The molecule has 0 radical (unpaired) electrons. The smallest absolute Gasteiger partial charge is 0.226 e. The molecule has 1 aliphatic rings. The molecule has 2 N–H and O–H groups in total. The van der Waals surface area contributed by atoms with Crippen LogP contribution in [-0.2, 0) is 11.2 Å². The molecule has 0 spiro atoms. The number of hydrogen-bond donors (Lipinski definition) is 2. The summed E-state index contributed by atoms with van der Waals surface area (Å²) in [6, 6.07) is 9.80. The van der Waals surface area contributed by atoms with Crippen molar-refractivity contribution in [1.82, 2.24) is 25.6 Å². The Kier molecular flexibility index (Phi) is 5.51. The molecular formula is C15H20ClN5O. The number of nitrogens with one attached hydrogen (secondary N) is 2. The maximum absolute atomic E-state index is 11.9. The van der Waals surface area contributed by atoms with Crippen LogP contribution in [-0.4, -0.2) is 40.5 Å². The average molecular weight is 322 g/mol. The van der Waals surface area contributed by atoms with Crippen molar-refractivity contribution in [3.63, 3.8) is 0 Å². The SMILES string of the molecule is Cc1c(CC(=O)NCC2CNC2)nnn1-c1ccccc1.Cl. The summed E-state index contributed by atoms with van der Waals surface area (Å²) in [5, 5.41) is 14.4. The largest absolute Gasteiger partial charge is 0.355 e. The van der Waals surface area contributed by atoms with Gasteiger partial charge in [-0.05, 0) is 19.1 Å². The molecule has 1 aliphatic heterocycles. The lowest BCUT2D eigenvalue weighted by Gasteiger charge is -2.26. The third-order valence-electron chi connectivity index (χ3n) is 3.77. The molecule has 7 heteroatoms. The highest BCUT2D eigenvalue weighted by atomic mass is 35.5. The van der Waals surface area contributed by atoms with E-state index in [1.54, 1.807) is 4.68 Å². The van der Waals surface area contributed by atoms with E-state index in [0.29, 0.717) is 5.92 Å². The Morgan fingerprint density at radius 2 is 2.09 bits per heavy atom. The van der Waals surface area contributed by atoms with Crippen molar-refractivity contribution in [3.05, 3.63) is 41.7 Å². The molecule has 2 heterocycles. The van der Waals surface area contributed by atoms with Gasteiger partial charge in [-0.2, -0.15) is 0 Å². The van der Waals surface area contributed by atoms with Crippen molar-refractivity contribution in [2.24, 2.45) is 5.92 Å². The molecule has 1 amide bonds. The van der Waals surface area contributed by atoms with Gasteiger partial charge in [0.25, 0.3) is 0 Å². The fraction of sp³-hybridized carbons (Fsp3) is 0.400. The van der Waals surface area contributed by atoms with E-state index < -0.39 is 0 Å². The number of nitrogens with zero attached hydrogens (tertiary/aromatic N) is 3. The first-order valence-electron chi connectivity index (χ1n) is 7.18. The van der Waals surface area contributed by atoms with E-state index >= 15 is 0 Å². The first-order valence-corrected chi connectivity index (χ1v) is 7.18. The minimum atomic E-state index is 0. The molecule has 1 aromatic carbocycles. The molecule has 22 heavy (non-hydrogen) atoms. The molecule has 0 saturated carbocycles. The molecule has 3 rings (SSSR count). The fourth-order valence-corrected chi connectivity index (χ4v) is 2.30. The van der Waals surface area contributed by atoms with Crippen LogP contribution in [0.2, 0.25) is 0 Å². The molecular weight excluding hydrogens is 302 g/mol. The van der Waals surface area contributed by atoms with Gasteiger partial charge in [-0.25, -0.2) is 4.68 Å². The summed E-state index contributed by atoms with van der Waals surface area (Å²) in [4.78, 5) is 11.9. The molecule has 0 unspecified atom stereocenters. The highest BCUT2D eigenvalue weighted by Gasteiger charge is 2.18. The van der Waals surface area contributed by atoms with Gasteiger partial charge >= 0.3 is 0 Å². The monoisotopic (exact) mass is 321 g/mol. The molecule has 0 atom stereocenters. The normalized spacial score (nSPS) is 14.0. The Balaban J connectivity index is 0.00000176. The number of carbonyl (C=O) groups excluding carboxylic acids is 1. The quantitative estimate of drug-likeness (QED) is 0.857. The molecule has 1 aromatic heterocycles. The maximum Gasteiger partial charge on any atom is 0.226 e. The average Bonchev–Trinajstić information content (AvgIpc) is 2.79. The van der Waals surface area contributed by atoms with E-state index in [1.807, 2.05) is 37.3 Å². The third kappa shape index (κ3) is 3.64. The lowest BCUT2D eigenvalue weighted by molar-refractivity contribution is -0.120. The van der Waals surface area contributed by atoms with Crippen molar-refractivity contribution in [1.29, 1.82) is 0 Å². The van der Waals surface area contributed by atoms with Crippen LogP contribution in [0.1, 0.15) is 11.4 Å². The second-order valence-electron chi connectivity index (χ2n) is 5.37. The Bertz CT molecular complexity index is 624. The van der Waals surface area contributed by atoms with Gasteiger partial charge in [0, 0.05) is 25.6 Å². The zero-order valence-electron chi connectivity index (χ0n) is 12.5. The summed E-state index contributed by atoms with van der Waals surface area (Å²) in [5.74, 6) is 0.570. The summed E-state index contributed by atoms with van der Waals surface area (Å²) in [6.45, 7) is 4.65. The number of amides is 1. The van der Waals surface area contributed by atoms with Gasteiger partial charge in [0.05, 0.1) is 23.5 Å². The molecule has 6 nitrogen and oxygen atoms in total. The van der Waals surface area contributed by atoms with Crippen LogP contribution in [0.5, 0.6) is 0 Å². The molecule has 118 valence electrons. The summed E-state index contributed by atoms with van der Waals surface area (Å²) < 4.78 is 1.76. The fourth-order valence-electron chi connectivity index (χ4n) is 2.30. The first-order chi connectivity index (χ1) is 10.2. The number of rotatable bonds is 5. The Labute approximate surface area is 135 Å². The van der Waals surface area contributed by atoms with Crippen LogP contribution < -0.4 is 10.6 Å². The van der Waals surface area contributed by atoms with Crippen LogP contribution >= 0.6 is 12.4 Å². The standard InChI is InChI=1S/C15H19N5O.ClH/c1-11-14(7-15(21)17-10-12-8-16-9-12)18-19-20(11)13-5-3-2-4-6-13;/h2-6,12,16H,7-10H2,1H3,(H,17,21);1H. The number of hydrogen-bond acceptors (Lipinski definition) is 4. The minimum Gasteiger partial charge on any atom is -0.355 e. The van der Waals surface area contributed by atoms with Gasteiger partial charge in [0.2, 0.25) is 5.91 Å². The number of carbonyl (C=O) groups is 1. The van der Waals surface area contributed by atoms with Crippen molar-refractivity contribution >= 4 is 18.3 Å². The Morgan fingerprint density at radius 3 is 2.73 bits per heavy atom. The van der Waals surface area contributed by atoms with Crippen LogP contribution in [0, 0.1) is 12.8 Å². The number of halogens is 1. The highest BCUT2D eigenvalue weighted by Crippen LogP contribution is 2.12. The summed E-state index contributed by atoms with van der Waals surface area (Å²) in [5.41, 5.74) is 2.58. The van der Waals surface area contributed by atoms with Gasteiger partial charge in [-0.1, -0.05) is 23.4 Å². The minimum absolute atomic E-state index is 0. The van der Waals surface area contributed by atoms with Crippen LogP contribution in [0.25, 0.3) is 5.69 Å². The Hall–Kier alpha value is -1.92. The number of aromatic nitrogens is 3. The van der Waals surface area contributed by atoms with Gasteiger partial charge in [-0.15, -0.1) is 17.5 Å². The van der Waals surface area contributed by atoms with Crippen LogP contribution in [0.3, 0.4) is 0 Å². The zero-order chi connectivity index (χ0) is 14.7. The summed E-state index contributed by atoms with van der Waals surface area (Å²) in [6.07, 6.45) is 0.277. The van der Waals surface area contributed by atoms with Gasteiger partial charge < -0.3 is 10.6 Å². The maximum atomic E-state index is 11.9. The van der Waals surface area contributed by atoms with Crippen molar-refractivity contribution in [2.45, 2.75) is 13.3 Å². The predicted molar refractivity (Wildman–Crippen MR) is 86.4 cm³/mol. The van der Waals surface area contributed by atoms with Gasteiger partial charge in [0.1, 0.15) is 0 Å². The lowest BCUT2D eigenvalue weighted by Crippen LogP contribution is -2.48. The van der Waals surface area contributed by atoms with E-state index in [4.69, 9.17) is 0 Å². The topological polar surface area (TPSA) is 71.8 Å². The summed E-state index contributed by atoms with van der Waals surface area (Å²) in [7, 11) is 0. The second kappa shape index (κ2) is 7.38. The van der Waals surface area contributed by atoms with E-state index in [2.05, 4.69) is 20.9 Å². The van der Waals surface area contributed by atoms with Crippen molar-refractivity contribution in [2.75, 3.05) is 19.6 Å². The second-order valence-corrected chi connectivity index (χ2v) is 5.37. The molecule has 0 bridgehead atoms. The number of benzene rings is 1. The first kappa shape index (κ1) is 16.5. The van der Waals surface area contributed by atoms with E-state index in [0.717, 1.165) is 36.7 Å². The predicted octanol–water partition coefficient (Wildman–Crippen LogP) is 0.876. The van der Waals surface area contributed by atoms with E-state index in [1.165, 1.54) is 0 Å². The van der Waals surface area contributed by atoms with Crippen LogP contribution in [0.4, 0.5) is 0 Å². The number of para-hydroxylation sites is 1. The molecule has 0 aliphatic carbocycles.